The van der Waals surface area contributed by atoms with Crippen molar-refractivity contribution in [2.45, 2.75) is 13.5 Å². The normalized spacial score (nSPS) is 11.0. The van der Waals surface area contributed by atoms with E-state index in [-0.39, 0.29) is 0 Å². The summed E-state index contributed by atoms with van der Waals surface area (Å²) in [6, 6.07) is 12.4. The summed E-state index contributed by atoms with van der Waals surface area (Å²) in [6.45, 7) is 2.69. The van der Waals surface area contributed by atoms with Gasteiger partial charge in [-0.05, 0) is 24.6 Å². The molecule has 0 fully saturated rings. The molecular formula is C18H15N3OS. The van der Waals surface area contributed by atoms with Crippen LogP contribution in [0, 0.1) is 6.92 Å². The molecule has 3 aromatic heterocycles. The van der Waals surface area contributed by atoms with Crippen LogP contribution in [0.15, 0.2) is 58.8 Å². The number of aromatic nitrogens is 2. The highest BCUT2D eigenvalue weighted by atomic mass is 32.1. The Kier molecular flexibility index (Phi) is 3.55. The molecule has 0 saturated carbocycles. The Morgan fingerprint density at radius 2 is 2.00 bits per heavy atom. The first-order valence-electron chi connectivity index (χ1n) is 7.37. The van der Waals surface area contributed by atoms with Gasteiger partial charge in [0.1, 0.15) is 22.7 Å². The number of benzene rings is 1. The number of furan rings is 1. The SMILES string of the molecule is Cc1ccc(-c2csc3ncnc(NCc4ccco4)c23)cc1. The Morgan fingerprint density at radius 3 is 2.78 bits per heavy atom. The first-order chi connectivity index (χ1) is 11.3. The summed E-state index contributed by atoms with van der Waals surface area (Å²) in [7, 11) is 0. The van der Waals surface area contributed by atoms with Crippen molar-refractivity contribution in [3.63, 3.8) is 0 Å². The van der Waals surface area contributed by atoms with Crippen molar-refractivity contribution >= 4 is 27.4 Å². The Labute approximate surface area is 137 Å². The van der Waals surface area contributed by atoms with Crippen molar-refractivity contribution in [2.75, 3.05) is 5.32 Å². The minimum Gasteiger partial charge on any atom is -0.467 e. The number of anilines is 1. The molecule has 114 valence electrons. The first-order valence-corrected chi connectivity index (χ1v) is 8.25. The fourth-order valence-electron chi connectivity index (χ4n) is 2.54. The van der Waals surface area contributed by atoms with Crippen LogP contribution in [0.5, 0.6) is 0 Å². The summed E-state index contributed by atoms with van der Waals surface area (Å²) < 4.78 is 5.37. The minimum atomic E-state index is 0.600. The highest BCUT2D eigenvalue weighted by molar-refractivity contribution is 7.17. The van der Waals surface area contributed by atoms with Crippen molar-refractivity contribution < 1.29 is 4.42 Å². The molecule has 0 bridgehead atoms. The van der Waals surface area contributed by atoms with Crippen molar-refractivity contribution in [1.29, 1.82) is 0 Å². The summed E-state index contributed by atoms with van der Waals surface area (Å²) in [5, 5.41) is 6.56. The van der Waals surface area contributed by atoms with E-state index in [0.717, 1.165) is 27.4 Å². The summed E-state index contributed by atoms with van der Waals surface area (Å²) in [4.78, 5) is 9.80. The van der Waals surface area contributed by atoms with E-state index in [1.165, 1.54) is 11.1 Å². The first kappa shape index (κ1) is 14.0. The lowest BCUT2D eigenvalue weighted by molar-refractivity contribution is 0.518. The lowest BCUT2D eigenvalue weighted by Gasteiger charge is -2.07. The van der Waals surface area contributed by atoms with E-state index in [2.05, 4.69) is 51.9 Å². The predicted molar refractivity (Wildman–Crippen MR) is 93.6 cm³/mol. The van der Waals surface area contributed by atoms with Crippen molar-refractivity contribution in [3.8, 4) is 11.1 Å². The van der Waals surface area contributed by atoms with Gasteiger partial charge in [0.2, 0.25) is 0 Å². The van der Waals surface area contributed by atoms with E-state index in [4.69, 9.17) is 4.42 Å². The second-order valence-corrected chi connectivity index (χ2v) is 6.21. The maximum Gasteiger partial charge on any atom is 0.139 e. The van der Waals surface area contributed by atoms with Crippen LogP contribution >= 0.6 is 11.3 Å². The van der Waals surface area contributed by atoms with E-state index in [0.29, 0.717) is 6.54 Å². The van der Waals surface area contributed by atoms with Crippen LogP contribution in [0.3, 0.4) is 0 Å². The Balaban J connectivity index is 1.75. The Hall–Kier alpha value is -2.66. The van der Waals surface area contributed by atoms with Crippen LogP contribution in [-0.2, 0) is 6.54 Å². The minimum absolute atomic E-state index is 0.600. The highest BCUT2D eigenvalue weighted by Crippen LogP contribution is 2.36. The van der Waals surface area contributed by atoms with Crippen molar-refractivity contribution in [3.05, 3.63) is 65.7 Å². The maximum atomic E-state index is 5.37. The van der Waals surface area contributed by atoms with E-state index >= 15 is 0 Å². The molecule has 5 heteroatoms. The highest BCUT2D eigenvalue weighted by Gasteiger charge is 2.13. The number of rotatable bonds is 4. The molecule has 0 amide bonds. The summed E-state index contributed by atoms with van der Waals surface area (Å²) >= 11 is 1.64. The zero-order valence-corrected chi connectivity index (χ0v) is 13.4. The molecule has 0 radical (unpaired) electrons. The van der Waals surface area contributed by atoms with Gasteiger partial charge < -0.3 is 9.73 Å². The lowest BCUT2D eigenvalue weighted by atomic mass is 10.0. The molecule has 1 aromatic carbocycles. The number of thiophene rings is 1. The van der Waals surface area contributed by atoms with Crippen LogP contribution in [0.4, 0.5) is 5.82 Å². The third kappa shape index (κ3) is 2.71. The lowest BCUT2D eigenvalue weighted by Crippen LogP contribution is -2.01. The van der Waals surface area contributed by atoms with Crippen molar-refractivity contribution in [1.82, 2.24) is 9.97 Å². The molecule has 0 unspecified atom stereocenters. The fourth-order valence-corrected chi connectivity index (χ4v) is 3.45. The third-order valence-electron chi connectivity index (χ3n) is 3.74. The molecule has 3 heterocycles. The number of aryl methyl sites for hydroxylation is 1. The second-order valence-electron chi connectivity index (χ2n) is 5.35. The Morgan fingerprint density at radius 1 is 1.13 bits per heavy atom. The van der Waals surface area contributed by atoms with Gasteiger partial charge in [0, 0.05) is 10.9 Å². The van der Waals surface area contributed by atoms with Crippen LogP contribution < -0.4 is 5.32 Å². The Bertz CT molecular complexity index is 927. The van der Waals surface area contributed by atoms with Crippen LogP contribution in [0.2, 0.25) is 0 Å². The smallest absolute Gasteiger partial charge is 0.139 e. The summed E-state index contributed by atoms with van der Waals surface area (Å²) in [5.41, 5.74) is 3.59. The molecule has 23 heavy (non-hydrogen) atoms. The van der Waals surface area contributed by atoms with Gasteiger partial charge in [-0.2, -0.15) is 0 Å². The molecule has 0 aliphatic heterocycles. The quantitative estimate of drug-likeness (QED) is 0.582. The molecule has 0 spiro atoms. The van der Waals surface area contributed by atoms with E-state index in [1.54, 1.807) is 23.9 Å². The van der Waals surface area contributed by atoms with Gasteiger partial charge in [-0.25, -0.2) is 9.97 Å². The molecule has 1 N–H and O–H groups in total. The summed E-state index contributed by atoms with van der Waals surface area (Å²) in [6.07, 6.45) is 3.27. The fraction of sp³-hybridized carbons (Fsp3) is 0.111. The van der Waals surface area contributed by atoms with E-state index < -0.39 is 0 Å². The van der Waals surface area contributed by atoms with Gasteiger partial charge in [-0.3, -0.25) is 0 Å². The third-order valence-corrected chi connectivity index (χ3v) is 4.63. The number of nitrogens with one attached hydrogen (secondary N) is 1. The number of hydrogen-bond donors (Lipinski definition) is 1. The van der Waals surface area contributed by atoms with Gasteiger partial charge in [0.15, 0.2) is 0 Å². The largest absolute Gasteiger partial charge is 0.467 e. The van der Waals surface area contributed by atoms with Gasteiger partial charge in [0.25, 0.3) is 0 Å². The van der Waals surface area contributed by atoms with Gasteiger partial charge in [-0.15, -0.1) is 11.3 Å². The standard InChI is InChI=1S/C18H15N3OS/c1-12-4-6-13(7-5-12)15-10-23-18-16(15)17(20-11-21-18)19-9-14-3-2-8-22-14/h2-8,10-11H,9H2,1H3,(H,19,20,21). The zero-order valence-electron chi connectivity index (χ0n) is 12.6. The van der Waals surface area contributed by atoms with Gasteiger partial charge in [0.05, 0.1) is 18.2 Å². The van der Waals surface area contributed by atoms with E-state index in [9.17, 15) is 0 Å². The topological polar surface area (TPSA) is 51.0 Å². The van der Waals surface area contributed by atoms with E-state index in [1.807, 2.05) is 12.1 Å². The number of fused-ring (bicyclic) bond motifs is 1. The average molecular weight is 321 g/mol. The monoisotopic (exact) mass is 321 g/mol. The van der Waals surface area contributed by atoms with Crippen LogP contribution in [0.25, 0.3) is 21.3 Å². The van der Waals surface area contributed by atoms with Gasteiger partial charge in [-0.1, -0.05) is 29.8 Å². The second kappa shape index (κ2) is 5.85. The van der Waals surface area contributed by atoms with Crippen molar-refractivity contribution in [2.24, 2.45) is 0 Å². The maximum absolute atomic E-state index is 5.37. The molecule has 0 aliphatic carbocycles. The zero-order chi connectivity index (χ0) is 15.6. The molecule has 4 nitrogen and oxygen atoms in total. The van der Waals surface area contributed by atoms with Crippen LogP contribution in [0.1, 0.15) is 11.3 Å². The summed E-state index contributed by atoms with van der Waals surface area (Å²) in [5.74, 6) is 1.71. The average Bonchev–Trinajstić information content (AvgIpc) is 3.23. The molecule has 4 aromatic rings. The molecule has 4 rings (SSSR count). The number of hydrogen-bond acceptors (Lipinski definition) is 5. The molecule has 0 aliphatic rings. The van der Waals surface area contributed by atoms with Gasteiger partial charge >= 0.3 is 0 Å². The number of nitrogens with zero attached hydrogens (tertiary/aromatic N) is 2. The molecular weight excluding hydrogens is 306 g/mol. The molecule has 0 atom stereocenters. The predicted octanol–water partition coefficient (Wildman–Crippen LogP) is 4.87. The molecule has 0 saturated heterocycles. The van der Waals surface area contributed by atoms with Crippen LogP contribution in [-0.4, -0.2) is 9.97 Å².